The zero-order valence-corrected chi connectivity index (χ0v) is 14.6. The Bertz CT molecular complexity index is 1050. The molecule has 7 heteroatoms. The predicted molar refractivity (Wildman–Crippen MR) is 101 cm³/mol. The fourth-order valence-electron chi connectivity index (χ4n) is 3.27. The lowest BCUT2D eigenvalue weighted by Gasteiger charge is -2.22. The minimum atomic E-state index is -0.479. The van der Waals surface area contributed by atoms with E-state index in [-0.39, 0.29) is 11.6 Å². The third kappa shape index (κ3) is 3.03. The summed E-state index contributed by atoms with van der Waals surface area (Å²) in [5, 5.41) is 10.8. The van der Waals surface area contributed by atoms with Crippen LogP contribution in [0.5, 0.6) is 0 Å². The molecule has 4 rings (SSSR count). The third-order valence-corrected chi connectivity index (χ3v) is 4.61. The largest absolute Gasteiger partial charge is 0.307 e. The standard InChI is InChI=1S/C20H16N4O3/c1-13-21-12-15-10-11-23(18-5-3-2-4-17(18)19(15)22-13)20(25)14-6-8-16(9-7-14)24(26)27/h2-9,12H,10-11H2,1H3. The average molecular weight is 360 g/mol. The first-order chi connectivity index (χ1) is 13.0. The number of carbonyl (C=O) groups excluding carboxylic acids is 1. The number of rotatable bonds is 2. The molecule has 1 amide bonds. The summed E-state index contributed by atoms with van der Waals surface area (Å²) in [6.07, 6.45) is 2.44. The number of anilines is 1. The molecule has 0 spiro atoms. The summed E-state index contributed by atoms with van der Waals surface area (Å²) in [7, 11) is 0. The van der Waals surface area contributed by atoms with Gasteiger partial charge in [0.05, 0.1) is 16.3 Å². The number of fused-ring (bicyclic) bond motifs is 3. The number of non-ortho nitro benzene ring substituents is 1. The van der Waals surface area contributed by atoms with Crippen LogP contribution >= 0.6 is 0 Å². The second-order valence-electron chi connectivity index (χ2n) is 6.32. The van der Waals surface area contributed by atoms with Gasteiger partial charge in [-0.25, -0.2) is 9.97 Å². The molecule has 0 N–H and O–H groups in total. The van der Waals surface area contributed by atoms with Crippen molar-refractivity contribution in [3.8, 4) is 11.3 Å². The van der Waals surface area contributed by atoms with Gasteiger partial charge >= 0.3 is 0 Å². The molecule has 0 saturated carbocycles. The van der Waals surface area contributed by atoms with Crippen LogP contribution in [0.15, 0.2) is 54.7 Å². The lowest BCUT2D eigenvalue weighted by molar-refractivity contribution is -0.384. The van der Waals surface area contributed by atoms with Gasteiger partial charge in [-0.05, 0) is 37.1 Å². The molecule has 0 bridgehead atoms. The zero-order chi connectivity index (χ0) is 19.0. The van der Waals surface area contributed by atoms with Crippen molar-refractivity contribution < 1.29 is 9.72 Å². The Morgan fingerprint density at radius 1 is 1.15 bits per heavy atom. The third-order valence-electron chi connectivity index (χ3n) is 4.61. The molecular formula is C20H16N4O3. The van der Waals surface area contributed by atoms with E-state index < -0.39 is 4.92 Å². The molecule has 0 aliphatic carbocycles. The lowest BCUT2D eigenvalue weighted by atomic mass is 10.0. The van der Waals surface area contributed by atoms with E-state index >= 15 is 0 Å². The first-order valence-corrected chi connectivity index (χ1v) is 8.53. The Kier molecular flexibility index (Phi) is 4.12. The molecule has 0 saturated heterocycles. The Balaban J connectivity index is 1.77. The zero-order valence-electron chi connectivity index (χ0n) is 14.6. The summed E-state index contributed by atoms with van der Waals surface area (Å²) in [4.78, 5) is 34.1. The van der Waals surface area contributed by atoms with Crippen LogP contribution in [-0.2, 0) is 6.42 Å². The Morgan fingerprint density at radius 3 is 2.63 bits per heavy atom. The van der Waals surface area contributed by atoms with E-state index in [1.807, 2.05) is 37.4 Å². The van der Waals surface area contributed by atoms with Crippen molar-refractivity contribution in [3.63, 3.8) is 0 Å². The van der Waals surface area contributed by atoms with Crippen molar-refractivity contribution in [3.05, 3.63) is 81.8 Å². The maximum Gasteiger partial charge on any atom is 0.269 e. The Hall–Kier alpha value is -3.61. The van der Waals surface area contributed by atoms with Gasteiger partial charge in [-0.1, -0.05) is 18.2 Å². The van der Waals surface area contributed by atoms with Crippen LogP contribution in [0.25, 0.3) is 11.3 Å². The van der Waals surface area contributed by atoms with E-state index in [9.17, 15) is 14.9 Å². The summed E-state index contributed by atoms with van der Waals surface area (Å²) >= 11 is 0. The molecule has 7 nitrogen and oxygen atoms in total. The van der Waals surface area contributed by atoms with Crippen LogP contribution in [0, 0.1) is 17.0 Å². The quantitative estimate of drug-likeness (QED) is 0.515. The van der Waals surface area contributed by atoms with Crippen LogP contribution < -0.4 is 4.90 Å². The second-order valence-corrected chi connectivity index (χ2v) is 6.32. The smallest absolute Gasteiger partial charge is 0.269 e. The highest BCUT2D eigenvalue weighted by Crippen LogP contribution is 2.35. The highest BCUT2D eigenvalue weighted by molar-refractivity contribution is 6.08. The van der Waals surface area contributed by atoms with Crippen LogP contribution in [-0.4, -0.2) is 27.3 Å². The molecule has 134 valence electrons. The molecule has 2 heterocycles. The number of nitrogens with zero attached hydrogens (tertiary/aromatic N) is 4. The fraction of sp³-hybridized carbons (Fsp3) is 0.150. The van der Waals surface area contributed by atoms with Gasteiger partial charge in [-0.3, -0.25) is 14.9 Å². The number of benzene rings is 2. The molecule has 0 atom stereocenters. The SMILES string of the molecule is Cc1ncc2c(n1)-c1ccccc1N(C(=O)c1ccc([N+](=O)[O-])cc1)CC2. The molecule has 27 heavy (non-hydrogen) atoms. The van der Waals surface area contributed by atoms with Gasteiger partial charge < -0.3 is 4.90 Å². The molecule has 0 fully saturated rings. The Labute approximate surface area is 155 Å². The highest BCUT2D eigenvalue weighted by Gasteiger charge is 2.26. The minimum Gasteiger partial charge on any atom is -0.307 e. The van der Waals surface area contributed by atoms with Gasteiger partial charge in [0.25, 0.3) is 11.6 Å². The predicted octanol–water partition coefficient (Wildman–Crippen LogP) is 3.56. The molecule has 3 aromatic rings. The number of hydrogen-bond acceptors (Lipinski definition) is 5. The first-order valence-electron chi connectivity index (χ1n) is 8.53. The molecule has 1 aromatic heterocycles. The minimum absolute atomic E-state index is 0.0408. The first kappa shape index (κ1) is 16.8. The maximum atomic E-state index is 13.1. The van der Waals surface area contributed by atoms with Crippen molar-refractivity contribution >= 4 is 17.3 Å². The van der Waals surface area contributed by atoms with Crippen molar-refractivity contribution in [1.82, 2.24) is 9.97 Å². The van der Waals surface area contributed by atoms with Crippen molar-refractivity contribution in [2.24, 2.45) is 0 Å². The van der Waals surface area contributed by atoms with Gasteiger partial charge in [-0.2, -0.15) is 0 Å². The summed E-state index contributed by atoms with van der Waals surface area (Å²) in [5.41, 5.74) is 3.86. The van der Waals surface area contributed by atoms with E-state index in [1.165, 1.54) is 24.3 Å². The highest BCUT2D eigenvalue weighted by atomic mass is 16.6. The summed E-state index contributed by atoms with van der Waals surface area (Å²) in [6, 6.07) is 13.3. The number of aromatic nitrogens is 2. The topological polar surface area (TPSA) is 89.2 Å². The van der Waals surface area contributed by atoms with E-state index in [2.05, 4.69) is 9.97 Å². The van der Waals surface area contributed by atoms with E-state index in [0.29, 0.717) is 24.4 Å². The van der Waals surface area contributed by atoms with Gasteiger partial charge in [0.1, 0.15) is 5.82 Å². The number of nitro benzene ring substituents is 1. The second kappa shape index (κ2) is 6.60. The van der Waals surface area contributed by atoms with Crippen molar-refractivity contribution in [1.29, 1.82) is 0 Å². The van der Waals surface area contributed by atoms with Gasteiger partial charge in [0.15, 0.2) is 0 Å². The molecule has 2 aromatic carbocycles. The normalized spacial score (nSPS) is 12.7. The van der Waals surface area contributed by atoms with Crippen molar-refractivity contribution in [2.75, 3.05) is 11.4 Å². The van der Waals surface area contributed by atoms with Crippen LogP contribution in [0.3, 0.4) is 0 Å². The van der Waals surface area contributed by atoms with E-state index in [4.69, 9.17) is 0 Å². The number of para-hydroxylation sites is 1. The molecule has 1 aliphatic rings. The monoisotopic (exact) mass is 360 g/mol. The molecule has 0 radical (unpaired) electrons. The molecular weight excluding hydrogens is 344 g/mol. The average Bonchev–Trinajstić information content (AvgIpc) is 2.84. The number of aryl methyl sites for hydroxylation is 1. The van der Waals surface area contributed by atoms with Crippen LogP contribution in [0.4, 0.5) is 11.4 Å². The van der Waals surface area contributed by atoms with Crippen molar-refractivity contribution in [2.45, 2.75) is 13.3 Å². The van der Waals surface area contributed by atoms with E-state index in [0.717, 1.165) is 22.5 Å². The fourth-order valence-corrected chi connectivity index (χ4v) is 3.27. The van der Waals surface area contributed by atoms with Crippen LogP contribution in [0.2, 0.25) is 0 Å². The van der Waals surface area contributed by atoms with Gasteiger partial charge in [0.2, 0.25) is 0 Å². The summed E-state index contributed by atoms with van der Waals surface area (Å²) < 4.78 is 0. The molecule has 1 aliphatic heterocycles. The van der Waals surface area contributed by atoms with Crippen LogP contribution in [0.1, 0.15) is 21.7 Å². The number of amides is 1. The Morgan fingerprint density at radius 2 is 1.89 bits per heavy atom. The maximum absolute atomic E-state index is 13.1. The summed E-state index contributed by atoms with van der Waals surface area (Å²) in [5.74, 6) is 0.480. The molecule has 0 unspecified atom stereocenters. The van der Waals surface area contributed by atoms with E-state index in [1.54, 1.807) is 4.90 Å². The lowest BCUT2D eigenvalue weighted by Crippen LogP contribution is -2.32. The number of hydrogen-bond donors (Lipinski definition) is 0. The summed E-state index contributed by atoms with van der Waals surface area (Å²) in [6.45, 7) is 2.32. The van der Waals surface area contributed by atoms with Gasteiger partial charge in [-0.15, -0.1) is 0 Å². The van der Waals surface area contributed by atoms with Gasteiger partial charge in [0, 0.05) is 36.0 Å². The number of carbonyl (C=O) groups is 1. The number of nitro groups is 1.